The molecule has 0 radical (unpaired) electrons. The summed E-state index contributed by atoms with van der Waals surface area (Å²) in [5, 5.41) is 11.5. The molecule has 0 unspecified atom stereocenters. The topological polar surface area (TPSA) is 118 Å². The fourth-order valence-corrected chi connectivity index (χ4v) is 6.13. The normalized spacial score (nSPS) is 16.6. The average Bonchev–Trinajstić information content (AvgIpc) is 2.68. The van der Waals surface area contributed by atoms with E-state index in [1.54, 1.807) is 0 Å². The first-order valence-electron chi connectivity index (χ1n) is 8.57. The predicted molar refractivity (Wildman–Crippen MR) is 108 cm³/mol. The summed E-state index contributed by atoms with van der Waals surface area (Å²) in [7, 11) is -7.60. The van der Waals surface area contributed by atoms with Crippen molar-refractivity contribution in [2.24, 2.45) is 0 Å². The van der Waals surface area contributed by atoms with Gasteiger partial charge in [0.05, 0.1) is 15.6 Å². The highest BCUT2D eigenvalue weighted by atomic mass is 35.5. The summed E-state index contributed by atoms with van der Waals surface area (Å²) in [6.07, 6.45) is 0. The first-order valence-corrected chi connectivity index (χ1v) is 12.0. The molecule has 12 heteroatoms. The molecule has 156 valence electrons. The monoisotopic (exact) mass is 459 g/mol. The highest BCUT2D eigenvalue weighted by molar-refractivity contribution is 7.89. The minimum Gasteiger partial charge on any atom is -0.258 e. The van der Waals surface area contributed by atoms with E-state index in [-0.39, 0.29) is 42.3 Å². The van der Waals surface area contributed by atoms with E-state index < -0.39 is 30.7 Å². The smallest absolute Gasteiger partial charge is 0.258 e. The maximum Gasteiger partial charge on any atom is 0.273 e. The maximum absolute atomic E-state index is 12.7. The molecule has 1 fully saturated rings. The van der Waals surface area contributed by atoms with Gasteiger partial charge in [-0.1, -0.05) is 29.8 Å². The molecular formula is C17H18ClN3O6S2. The van der Waals surface area contributed by atoms with E-state index in [1.165, 1.54) is 52.8 Å². The molecule has 2 aromatic carbocycles. The van der Waals surface area contributed by atoms with Crippen molar-refractivity contribution in [3.05, 3.63) is 69.2 Å². The quantitative estimate of drug-likeness (QED) is 0.482. The van der Waals surface area contributed by atoms with Crippen molar-refractivity contribution in [1.29, 1.82) is 0 Å². The predicted octanol–water partition coefficient (Wildman–Crippen LogP) is 2.08. The zero-order valence-electron chi connectivity index (χ0n) is 15.1. The standard InChI is InChI=1S/C17H18ClN3O6S2/c18-15-5-7-16(8-6-15)29(26,27)20-11-9-19(10-12-20)28(24,25)13-14-3-1-2-4-17(14)21(22)23/h1-8H,9-13H2. The number of sulfonamides is 2. The Bertz CT molecular complexity index is 1110. The molecule has 0 N–H and O–H groups in total. The van der Waals surface area contributed by atoms with Gasteiger partial charge in [0, 0.05) is 42.8 Å². The minimum atomic E-state index is -3.84. The van der Waals surface area contributed by atoms with E-state index in [9.17, 15) is 26.9 Å². The highest BCUT2D eigenvalue weighted by Crippen LogP contribution is 2.24. The van der Waals surface area contributed by atoms with Crippen LogP contribution < -0.4 is 0 Å². The molecular weight excluding hydrogens is 442 g/mol. The number of rotatable bonds is 6. The van der Waals surface area contributed by atoms with Crippen LogP contribution >= 0.6 is 11.6 Å². The number of hydrogen-bond acceptors (Lipinski definition) is 6. The van der Waals surface area contributed by atoms with Gasteiger partial charge in [-0.2, -0.15) is 8.61 Å². The largest absolute Gasteiger partial charge is 0.273 e. The Hall–Kier alpha value is -2.05. The first kappa shape index (κ1) is 21.7. The number of hydrogen-bond donors (Lipinski definition) is 0. The van der Waals surface area contributed by atoms with Gasteiger partial charge in [-0.25, -0.2) is 16.8 Å². The van der Waals surface area contributed by atoms with Crippen LogP contribution in [-0.4, -0.2) is 56.5 Å². The summed E-state index contributed by atoms with van der Waals surface area (Å²) in [4.78, 5) is 10.6. The molecule has 0 saturated carbocycles. The second-order valence-electron chi connectivity index (χ2n) is 6.40. The van der Waals surface area contributed by atoms with Crippen LogP contribution in [0.25, 0.3) is 0 Å². The third kappa shape index (κ3) is 4.75. The van der Waals surface area contributed by atoms with Crippen molar-refractivity contribution >= 4 is 37.3 Å². The number of piperazine rings is 1. The lowest BCUT2D eigenvalue weighted by molar-refractivity contribution is -0.385. The first-order chi connectivity index (χ1) is 13.6. The van der Waals surface area contributed by atoms with Gasteiger partial charge in [-0.3, -0.25) is 10.1 Å². The van der Waals surface area contributed by atoms with E-state index in [4.69, 9.17) is 11.6 Å². The van der Waals surface area contributed by atoms with Crippen molar-refractivity contribution in [1.82, 2.24) is 8.61 Å². The van der Waals surface area contributed by atoms with E-state index >= 15 is 0 Å². The minimum absolute atomic E-state index is 0.0128. The Kier molecular flexibility index (Phi) is 6.24. The van der Waals surface area contributed by atoms with Gasteiger partial charge in [-0.15, -0.1) is 0 Å². The second-order valence-corrected chi connectivity index (χ2v) is 10.7. The number of nitro benzene ring substituents is 1. The fourth-order valence-electron chi connectivity index (χ4n) is 3.04. The van der Waals surface area contributed by atoms with Gasteiger partial charge in [-0.05, 0) is 24.3 Å². The van der Waals surface area contributed by atoms with Gasteiger partial charge in [0.1, 0.15) is 0 Å². The van der Waals surface area contributed by atoms with Crippen molar-refractivity contribution in [3.8, 4) is 0 Å². The molecule has 1 aliphatic heterocycles. The maximum atomic E-state index is 12.7. The van der Waals surface area contributed by atoms with Gasteiger partial charge in [0.15, 0.2) is 0 Å². The number of halogens is 1. The lowest BCUT2D eigenvalue weighted by Gasteiger charge is -2.33. The Morgan fingerprint density at radius 2 is 1.45 bits per heavy atom. The van der Waals surface area contributed by atoms with Gasteiger partial charge in [0.2, 0.25) is 20.0 Å². The highest BCUT2D eigenvalue weighted by Gasteiger charge is 2.33. The van der Waals surface area contributed by atoms with E-state index in [0.29, 0.717) is 5.02 Å². The van der Waals surface area contributed by atoms with Crippen LogP contribution in [0, 0.1) is 10.1 Å². The summed E-state index contributed by atoms with van der Waals surface area (Å²) >= 11 is 5.79. The second kappa shape index (κ2) is 8.36. The Morgan fingerprint density at radius 3 is 2.03 bits per heavy atom. The molecule has 2 aromatic rings. The summed E-state index contributed by atoms with van der Waals surface area (Å²) < 4.78 is 53.2. The molecule has 1 aliphatic rings. The van der Waals surface area contributed by atoms with Crippen molar-refractivity contribution in [3.63, 3.8) is 0 Å². The number of benzene rings is 2. The summed E-state index contributed by atoms with van der Waals surface area (Å²) in [5.74, 6) is -0.520. The van der Waals surface area contributed by atoms with Crippen LogP contribution in [0.1, 0.15) is 5.56 Å². The lowest BCUT2D eigenvalue weighted by atomic mass is 10.2. The molecule has 0 atom stereocenters. The van der Waals surface area contributed by atoms with Crippen LogP contribution in [0.2, 0.25) is 5.02 Å². The van der Waals surface area contributed by atoms with Crippen molar-refractivity contribution in [2.45, 2.75) is 10.6 Å². The zero-order valence-corrected chi connectivity index (χ0v) is 17.5. The van der Waals surface area contributed by atoms with Gasteiger partial charge in [0.25, 0.3) is 5.69 Å². The molecule has 9 nitrogen and oxygen atoms in total. The molecule has 29 heavy (non-hydrogen) atoms. The van der Waals surface area contributed by atoms with Crippen LogP contribution in [-0.2, 0) is 25.8 Å². The van der Waals surface area contributed by atoms with E-state index in [1.807, 2.05) is 0 Å². The third-order valence-electron chi connectivity index (χ3n) is 4.57. The van der Waals surface area contributed by atoms with Crippen LogP contribution in [0.4, 0.5) is 5.69 Å². The number of nitrogens with zero attached hydrogens (tertiary/aromatic N) is 3. The SMILES string of the molecule is O=[N+]([O-])c1ccccc1CS(=O)(=O)N1CCN(S(=O)(=O)c2ccc(Cl)cc2)CC1. The van der Waals surface area contributed by atoms with Crippen LogP contribution in [0.5, 0.6) is 0 Å². The fraction of sp³-hybridized carbons (Fsp3) is 0.294. The third-order valence-corrected chi connectivity index (χ3v) is 8.56. The average molecular weight is 460 g/mol. The van der Waals surface area contributed by atoms with Crippen LogP contribution in [0.15, 0.2) is 53.4 Å². The molecule has 0 spiro atoms. The summed E-state index contributed by atoms with van der Waals surface area (Å²) in [6, 6.07) is 11.4. The molecule has 0 aromatic heterocycles. The Morgan fingerprint density at radius 1 is 0.897 bits per heavy atom. The zero-order chi connectivity index (χ0) is 21.2. The van der Waals surface area contributed by atoms with Gasteiger partial charge < -0.3 is 0 Å². The lowest BCUT2D eigenvalue weighted by Crippen LogP contribution is -2.50. The molecule has 3 rings (SSSR count). The molecule has 0 aliphatic carbocycles. The summed E-state index contributed by atoms with van der Waals surface area (Å²) in [5.41, 5.74) is -0.172. The number of para-hydroxylation sites is 1. The molecule has 1 heterocycles. The molecule has 0 bridgehead atoms. The van der Waals surface area contributed by atoms with E-state index in [0.717, 1.165) is 4.31 Å². The summed E-state index contributed by atoms with van der Waals surface area (Å²) in [6.45, 7) is -0.0896. The number of nitro groups is 1. The Balaban J connectivity index is 1.71. The molecule has 1 saturated heterocycles. The van der Waals surface area contributed by atoms with Crippen molar-refractivity contribution < 1.29 is 21.8 Å². The Labute approximate surface area is 173 Å². The van der Waals surface area contributed by atoms with Crippen molar-refractivity contribution in [2.75, 3.05) is 26.2 Å². The van der Waals surface area contributed by atoms with Gasteiger partial charge >= 0.3 is 0 Å². The van der Waals surface area contributed by atoms with Crippen LogP contribution in [0.3, 0.4) is 0 Å². The van der Waals surface area contributed by atoms with E-state index in [2.05, 4.69) is 0 Å². The molecule has 0 amide bonds.